The molecule has 1 atom stereocenters. The molecule has 21 heavy (non-hydrogen) atoms. The molecular weight excluding hydrogens is 264 g/mol. The molecule has 0 radical (unpaired) electrons. The number of methoxy groups -OCH3 is 2. The van der Waals surface area contributed by atoms with E-state index in [9.17, 15) is 5.11 Å². The Morgan fingerprint density at radius 2 is 1.71 bits per heavy atom. The summed E-state index contributed by atoms with van der Waals surface area (Å²) in [6, 6.07) is 14.1. The highest BCUT2D eigenvalue weighted by atomic mass is 16.5. The fourth-order valence-corrected chi connectivity index (χ4v) is 2.61. The van der Waals surface area contributed by atoms with Crippen LogP contribution in [0.3, 0.4) is 0 Å². The van der Waals surface area contributed by atoms with Gasteiger partial charge in [0, 0.05) is 5.92 Å². The van der Waals surface area contributed by atoms with Gasteiger partial charge >= 0.3 is 0 Å². The monoisotopic (exact) mass is 286 g/mol. The van der Waals surface area contributed by atoms with Gasteiger partial charge in [0.05, 0.1) is 20.8 Å². The largest absolute Gasteiger partial charge is 0.493 e. The maximum absolute atomic E-state index is 9.74. The third kappa shape index (κ3) is 3.56. The molecule has 3 heteroatoms. The van der Waals surface area contributed by atoms with Gasteiger partial charge in [-0.3, -0.25) is 0 Å². The van der Waals surface area contributed by atoms with E-state index in [1.165, 1.54) is 11.1 Å². The first-order valence-corrected chi connectivity index (χ1v) is 7.07. The molecule has 0 aromatic heterocycles. The average molecular weight is 286 g/mol. The van der Waals surface area contributed by atoms with Crippen molar-refractivity contribution >= 4 is 0 Å². The van der Waals surface area contributed by atoms with Crippen LogP contribution in [-0.2, 0) is 6.42 Å². The summed E-state index contributed by atoms with van der Waals surface area (Å²) in [5.41, 5.74) is 3.52. The zero-order chi connectivity index (χ0) is 15.2. The van der Waals surface area contributed by atoms with Gasteiger partial charge in [-0.15, -0.1) is 0 Å². The summed E-state index contributed by atoms with van der Waals surface area (Å²) in [5.74, 6) is 1.53. The highest BCUT2D eigenvalue weighted by molar-refractivity contribution is 5.43. The lowest BCUT2D eigenvalue weighted by Gasteiger charge is -2.18. The Hall–Kier alpha value is -2.00. The molecule has 1 unspecified atom stereocenters. The molecule has 2 aromatic carbocycles. The molecule has 3 nitrogen and oxygen atoms in total. The quantitative estimate of drug-likeness (QED) is 0.885. The predicted molar refractivity (Wildman–Crippen MR) is 84.3 cm³/mol. The number of hydrogen-bond donors (Lipinski definition) is 1. The van der Waals surface area contributed by atoms with Crippen LogP contribution in [0, 0.1) is 6.92 Å². The van der Waals surface area contributed by atoms with Crippen molar-refractivity contribution in [3.63, 3.8) is 0 Å². The van der Waals surface area contributed by atoms with Crippen molar-refractivity contribution in [3.05, 3.63) is 59.2 Å². The van der Waals surface area contributed by atoms with Gasteiger partial charge in [-0.1, -0.05) is 30.3 Å². The lowest BCUT2D eigenvalue weighted by molar-refractivity contribution is 0.264. The van der Waals surface area contributed by atoms with Crippen molar-refractivity contribution in [1.29, 1.82) is 0 Å². The summed E-state index contributed by atoms with van der Waals surface area (Å²) in [7, 11) is 3.26. The zero-order valence-electron chi connectivity index (χ0n) is 12.8. The second-order valence-electron chi connectivity index (χ2n) is 5.13. The highest BCUT2D eigenvalue weighted by Crippen LogP contribution is 2.30. The van der Waals surface area contributed by atoms with Crippen LogP contribution < -0.4 is 9.47 Å². The first-order valence-electron chi connectivity index (χ1n) is 7.07. The minimum Gasteiger partial charge on any atom is -0.493 e. The fraction of sp³-hybridized carbons (Fsp3) is 0.333. The van der Waals surface area contributed by atoms with Crippen molar-refractivity contribution in [2.45, 2.75) is 19.3 Å². The Morgan fingerprint density at radius 1 is 1.00 bits per heavy atom. The van der Waals surface area contributed by atoms with Gasteiger partial charge in [0.15, 0.2) is 11.5 Å². The lowest BCUT2D eigenvalue weighted by atomic mass is 9.90. The first kappa shape index (κ1) is 15.4. The number of hydrogen-bond acceptors (Lipinski definition) is 3. The van der Waals surface area contributed by atoms with E-state index in [0.717, 1.165) is 23.5 Å². The number of aliphatic hydroxyl groups excluding tert-OH is 1. The molecule has 0 saturated heterocycles. The fourth-order valence-electron chi connectivity index (χ4n) is 2.61. The summed E-state index contributed by atoms with van der Waals surface area (Å²) < 4.78 is 10.6. The smallest absolute Gasteiger partial charge is 0.160 e. The molecule has 0 aliphatic heterocycles. The minimum absolute atomic E-state index is 0.0873. The molecule has 2 aromatic rings. The predicted octanol–water partition coefficient (Wildman–Crippen LogP) is 3.33. The second kappa shape index (κ2) is 7.14. The van der Waals surface area contributed by atoms with Crippen LogP contribution in [0.1, 0.15) is 22.6 Å². The Labute approximate surface area is 126 Å². The third-order valence-corrected chi connectivity index (χ3v) is 3.78. The summed E-state index contributed by atoms with van der Waals surface area (Å²) in [6.07, 6.45) is 0.766. The Morgan fingerprint density at radius 3 is 2.33 bits per heavy atom. The van der Waals surface area contributed by atoms with Crippen LogP contribution in [0.2, 0.25) is 0 Å². The van der Waals surface area contributed by atoms with E-state index in [1.54, 1.807) is 14.2 Å². The number of aryl methyl sites for hydroxylation is 1. The standard InChI is InChI=1S/C18H22O3/c1-13-6-4-5-7-16(13)15(12-19)10-14-8-9-17(20-2)18(11-14)21-3/h4-9,11,15,19H,10,12H2,1-3H3. The Bertz CT molecular complexity index is 593. The van der Waals surface area contributed by atoms with Gasteiger partial charge in [0.2, 0.25) is 0 Å². The van der Waals surface area contributed by atoms with Gasteiger partial charge in [0.25, 0.3) is 0 Å². The third-order valence-electron chi connectivity index (χ3n) is 3.78. The van der Waals surface area contributed by atoms with Crippen LogP contribution in [0.5, 0.6) is 11.5 Å². The van der Waals surface area contributed by atoms with Crippen LogP contribution in [-0.4, -0.2) is 25.9 Å². The minimum atomic E-state index is 0.0873. The van der Waals surface area contributed by atoms with Crippen LogP contribution in [0.15, 0.2) is 42.5 Å². The molecule has 0 spiro atoms. The summed E-state index contributed by atoms with van der Waals surface area (Å²) in [5, 5.41) is 9.74. The van der Waals surface area contributed by atoms with Crippen molar-refractivity contribution in [3.8, 4) is 11.5 Å². The van der Waals surface area contributed by atoms with Gasteiger partial charge in [-0.2, -0.15) is 0 Å². The lowest BCUT2D eigenvalue weighted by Crippen LogP contribution is -2.09. The maximum Gasteiger partial charge on any atom is 0.160 e. The van der Waals surface area contributed by atoms with E-state index in [1.807, 2.05) is 30.3 Å². The molecule has 0 saturated carbocycles. The molecular formula is C18H22O3. The highest BCUT2D eigenvalue weighted by Gasteiger charge is 2.14. The zero-order valence-corrected chi connectivity index (χ0v) is 12.8. The van der Waals surface area contributed by atoms with E-state index in [4.69, 9.17) is 9.47 Å². The molecule has 2 rings (SSSR count). The van der Waals surface area contributed by atoms with Crippen LogP contribution in [0.25, 0.3) is 0 Å². The number of aliphatic hydroxyl groups is 1. The first-order chi connectivity index (χ1) is 10.2. The van der Waals surface area contributed by atoms with Gasteiger partial charge in [-0.25, -0.2) is 0 Å². The van der Waals surface area contributed by atoms with E-state index >= 15 is 0 Å². The average Bonchev–Trinajstić information content (AvgIpc) is 2.53. The number of rotatable bonds is 6. The van der Waals surface area contributed by atoms with Gasteiger partial charge in [0.1, 0.15) is 0 Å². The molecule has 0 bridgehead atoms. The number of ether oxygens (including phenoxy) is 2. The van der Waals surface area contributed by atoms with Crippen molar-refractivity contribution in [2.75, 3.05) is 20.8 Å². The van der Waals surface area contributed by atoms with E-state index in [-0.39, 0.29) is 12.5 Å². The van der Waals surface area contributed by atoms with Crippen molar-refractivity contribution < 1.29 is 14.6 Å². The molecule has 0 amide bonds. The molecule has 0 aliphatic rings. The molecule has 0 aliphatic carbocycles. The van der Waals surface area contributed by atoms with Crippen molar-refractivity contribution in [2.24, 2.45) is 0 Å². The van der Waals surface area contributed by atoms with Gasteiger partial charge < -0.3 is 14.6 Å². The molecule has 0 fully saturated rings. The van der Waals surface area contributed by atoms with E-state index < -0.39 is 0 Å². The van der Waals surface area contributed by atoms with Crippen LogP contribution in [0.4, 0.5) is 0 Å². The topological polar surface area (TPSA) is 38.7 Å². The van der Waals surface area contributed by atoms with E-state index in [2.05, 4.69) is 19.1 Å². The Balaban J connectivity index is 2.25. The normalized spacial score (nSPS) is 12.0. The second-order valence-corrected chi connectivity index (χ2v) is 5.13. The van der Waals surface area contributed by atoms with E-state index in [0.29, 0.717) is 0 Å². The summed E-state index contributed by atoms with van der Waals surface area (Å²) in [6.45, 7) is 2.20. The SMILES string of the molecule is COc1ccc(CC(CO)c2ccccc2C)cc1OC. The van der Waals surface area contributed by atoms with Gasteiger partial charge in [-0.05, 0) is 42.2 Å². The maximum atomic E-state index is 9.74. The summed E-state index contributed by atoms with van der Waals surface area (Å²) in [4.78, 5) is 0. The molecule has 112 valence electrons. The molecule has 1 N–H and O–H groups in total. The number of benzene rings is 2. The molecule has 0 heterocycles. The Kier molecular flexibility index (Phi) is 5.23. The van der Waals surface area contributed by atoms with Crippen molar-refractivity contribution in [1.82, 2.24) is 0 Å². The van der Waals surface area contributed by atoms with Crippen LogP contribution >= 0.6 is 0 Å². The summed E-state index contributed by atoms with van der Waals surface area (Å²) >= 11 is 0.